The smallest absolute Gasteiger partial charge is 0.307 e. The summed E-state index contributed by atoms with van der Waals surface area (Å²) in [5.41, 5.74) is 4.91. The Morgan fingerprint density at radius 2 is 1.92 bits per heavy atom. The van der Waals surface area contributed by atoms with Gasteiger partial charge < -0.3 is 19.7 Å². The predicted octanol–water partition coefficient (Wildman–Crippen LogP) is 4.99. The fraction of sp³-hybridized carbons (Fsp3) is 0.414. The largest absolute Gasteiger partial charge is 0.481 e. The lowest BCUT2D eigenvalue weighted by atomic mass is 9.97. The van der Waals surface area contributed by atoms with E-state index in [4.69, 9.17) is 9.47 Å². The number of ether oxygens (including phenoxy) is 2. The normalized spacial score (nSPS) is 19.8. The Bertz CT molecular complexity index is 1370. The summed E-state index contributed by atoms with van der Waals surface area (Å²) in [6, 6.07) is 8.81. The summed E-state index contributed by atoms with van der Waals surface area (Å²) in [7, 11) is 0. The SMILES string of the molecule is Cc1cc(F)c(COc2cc3c(cn2)[C@H]2[C@@H](C3)[C@@H]2C(=O)O)cc1-c1ccc(OCCC(C)(C)O)nc1C. The lowest BCUT2D eigenvalue weighted by molar-refractivity contribution is -0.139. The van der Waals surface area contributed by atoms with Crippen LogP contribution in [0, 0.1) is 31.5 Å². The lowest BCUT2D eigenvalue weighted by Gasteiger charge is -2.17. The zero-order valence-corrected chi connectivity index (χ0v) is 21.4. The average Bonchev–Trinajstić information content (AvgIpc) is 3.41. The molecule has 0 saturated heterocycles. The van der Waals surface area contributed by atoms with Gasteiger partial charge in [0, 0.05) is 47.5 Å². The van der Waals surface area contributed by atoms with E-state index >= 15 is 0 Å². The van der Waals surface area contributed by atoms with Crippen LogP contribution >= 0.6 is 0 Å². The molecule has 3 atom stereocenters. The van der Waals surface area contributed by atoms with Crippen molar-refractivity contribution in [3.8, 4) is 22.9 Å². The van der Waals surface area contributed by atoms with Crippen molar-refractivity contribution in [1.29, 1.82) is 0 Å². The van der Waals surface area contributed by atoms with Gasteiger partial charge in [-0.1, -0.05) is 0 Å². The minimum Gasteiger partial charge on any atom is -0.481 e. The third-order valence-corrected chi connectivity index (χ3v) is 7.35. The van der Waals surface area contributed by atoms with Crippen molar-refractivity contribution in [3.63, 3.8) is 0 Å². The summed E-state index contributed by atoms with van der Waals surface area (Å²) in [5, 5.41) is 19.1. The van der Waals surface area contributed by atoms with Crippen LogP contribution < -0.4 is 9.47 Å². The standard InChI is InChI=1S/C29H31FN2O5/c1-15-9-23(30)18(11-20(15)19-5-6-24(32-16(19)2)36-8-7-29(3,4)35)14-37-25-12-17-10-21-26(22(17)13-31-25)27(21)28(33)34/h5-6,9,11-13,21,26-27,35H,7-8,10,14H2,1-4H3,(H,33,34)/t21-,26-,27+/m1/s1. The van der Waals surface area contributed by atoms with E-state index in [-0.39, 0.29) is 30.2 Å². The molecule has 3 aromatic rings. The van der Waals surface area contributed by atoms with Crippen LogP contribution in [-0.2, 0) is 17.8 Å². The van der Waals surface area contributed by atoms with E-state index in [1.165, 1.54) is 6.07 Å². The maximum absolute atomic E-state index is 14.8. The minimum absolute atomic E-state index is 0.0140. The summed E-state index contributed by atoms with van der Waals surface area (Å²) in [4.78, 5) is 20.2. The van der Waals surface area contributed by atoms with E-state index in [1.54, 1.807) is 32.2 Å². The number of rotatable bonds is 9. The number of carboxylic acid groups (broad SMARTS) is 1. The topological polar surface area (TPSA) is 102 Å². The number of carboxylic acids is 1. The second-order valence-electron chi connectivity index (χ2n) is 10.7. The molecular formula is C29H31FN2O5. The third-order valence-electron chi connectivity index (χ3n) is 7.35. The van der Waals surface area contributed by atoms with Gasteiger partial charge in [0.15, 0.2) is 0 Å². The number of benzene rings is 1. The number of halogens is 1. The number of pyridine rings is 2. The second kappa shape index (κ2) is 9.41. The Kier molecular flexibility index (Phi) is 6.40. The molecule has 1 aromatic carbocycles. The number of aliphatic carboxylic acids is 1. The summed E-state index contributed by atoms with van der Waals surface area (Å²) in [6.07, 6.45) is 2.90. The number of fused-ring (bicyclic) bond motifs is 3. The zero-order valence-electron chi connectivity index (χ0n) is 21.4. The van der Waals surface area contributed by atoms with Gasteiger partial charge in [0.2, 0.25) is 11.8 Å². The highest BCUT2D eigenvalue weighted by Crippen LogP contribution is 2.61. The highest BCUT2D eigenvalue weighted by atomic mass is 19.1. The van der Waals surface area contributed by atoms with E-state index in [0.717, 1.165) is 33.5 Å². The number of hydrogen-bond acceptors (Lipinski definition) is 6. The molecule has 194 valence electrons. The van der Waals surface area contributed by atoms with Crippen LogP contribution in [0.5, 0.6) is 11.8 Å². The van der Waals surface area contributed by atoms with Crippen molar-refractivity contribution in [3.05, 3.63) is 70.3 Å². The van der Waals surface area contributed by atoms with E-state index in [0.29, 0.717) is 36.8 Å². The van der Waals surface area contributed by atoms with Crippen molar-refractivity contribution in [2.75, 3.05) is 6.61 Å². The molecule has 2 heterocycles. The Hall–Kier alpha value is -3.52. The first kappa shape index (κ1) is 25.1. The van der Waals surface area contributed by atoms with Gasteiger partial charge in [-0.05, 0) is 80.5 Å². The van der Waals surface area contributed by atoms with Crippen LogP contribution in [0.1, 0.15) is 54.1 Å². The fourth-order valence-electron chi connectivity index (χ4n) is 5.26. The van der Waals surface area contributed by atoms with E-state index in [2.05, 4.69) is 9.97 Å². The maximum Gasteiger partial charge on any atom is 0.307 e. The van der Waals surface area contributed by atoms with Gasteiger partial charge in [-0.2, -0.15) is 0 Å². The minimum atomic E-state index is -0.808. The molecule has 0 spiro atoms. The summed E-state index contributed by atoms with van der Waals surface area (Å²) >= 11 is 0. The molecule has 0 unspecified atom stereocenters. The van der Waals surface area contributed by atoms with Gasteiger partial charge >= 0.3 is 5.97 Å². The van der Waals surface area contributed by atoms with Gasteiger partial charge in [-0.25, -0.2) is 14.4 Å². The highest BCUT2D eigenvalue weighted by Gasteiger charge is 2.59. The van der Waals surface area contributed by atoms with Crippen LogP contribution in [0.25, 0.3) is 11.1 Å². The first-order chi connectivity index (χ1) is 17.5. The Morgan fingerprint density at radius 3 is 2.62 bits per heavy atom. The monoisotopic (exact) mass is 506 g/mol. The van der Waals surface area contributed by atoms with Crippen LogP contribution in [0.15, 0.2) is 36.5 Å². The average molecular weight is 507 g/mol. The molecule has 0 amide bonds. The predicted molar refractivity (Wildman–Crippen MR) is 135 cm³/mol. The third kappa shape index (κ3) is 5.16. The summed E-state index contributed by atoms with van der Waals surface area (Å²) in [6.45, 7) is 7.56. The van der Waals surface area contributed by atoms with Crippen LogP contribution in [0.2, 0.25) is 0 Å². The molecule has 2 aliphatic carbocycles. The quantitative estimate of drug-likeness (QED) is 0.422. The molecule has 37 heavy (non-hydrogen) atoms. The summed E-state index contributed by atoms with van der Waals surface area (Å²) in [5.74, 6) is -0.316. The fourth-order valence-corrected chi connectivity index (χ4v) is 5.26. The maximum atomic E-state index is 14.8. The van der Waals surface area contributed by atoms with Crippen molar-refractivity contribution in [2.24, 2.45) is 11.8 Å². The molecule has 1 fully saturated rings. The first-order valence-corrected chi connectivity index (χ1v) is 12.5. The number of aliphatic hydroxyl groups is 1. The highest BCUT2D eigenvalue weighted by molar-refractivity contribution is 5.77. The molecule has 2 aromatic heterocycles. The van der Waals surface area contributed by atoms with Crippen molar-refractivity contribution < 1.29 is 28.9 Å². The van der Waals surface area contributed by atoms with Gasteiger partial charge in [0.1, 0.15) is 12.4 Å². The van der Waals surface area contributed by atoms with Gasteiger partial charge in [-0.3, -0.25) is 4.79 Å². The van der Waals surface area contributed by atoms with Crippen molar-refractivity contribution >= 4 is 5.97 Å². The van der Waals surface area contributed by atoms with Crippen molar-refractivity contribution in [1.82, 2.24) is 9.97 Å². The Balaban J connectivity index is 1.29. The molecule has 7 nitrogen and oxygen atoms in total. The van der Waals surface area contributed by atoms with Crippen LogP contribution in [0.4, 0.5) is 4.39 Å². The Labute approximate surface area is 215 Å². The van der Waals surface area contributed by atoms with Gasteiger partial charge in [-0.15, -0.1) is 0 Å². The van der Waals surface area contributed by atoms with E-state index in [9.17, 15) is 19.4 Å². The van der Waals surface area contributed by atoms with Gasteiger partial charge in [0.05, 0.1) is 18.1 Å². The van der Waals surface area contributed by atoms with Crippen LogP contribution in [0.3, 0.4) is 0 Å². The second-order valence-corrected chi connectivity index (χ2v) is 10.7. The molecule has 1 saturated carbocycles. The number of aromatic nitrogens is 2. The summed E-state index contributed by atoms with van der Waals surface area (Å²) < 4.78 is 26.4. The molecule has 5 rings (SSSR count). The van der Waals surface area contributed by atoms with E-state index < -0.39 is 11.6 Å². The molecule has 8 heteroatoms. The molecular weight excluding hydrogens is 475 g/mol. The van der Waals surface area contributed by atoms with Crippen LogP contribution in [-0.4, -0.2) is 38.4 Å². The number of aryl methyl sites for hydroxylation is 2. The number of carbonyl (C=O) groups is 1. The molecule has 0 aliphatic heterocycles. The molecule has 2 aliphatic rings. The van der Waals surface area contributed by atoms with Crippen molar-refractivity contribution in [2.45, 2.75) is 58.7 Å². The molecule has 2 N–H and O–H groups in total. The number of nitrogens with zero attached hydrogens (tertiary/aromatic N) is 2. The zero-order chi connectivity index (χ0) is 26.5. The Morgan fingerprint density at radius 1 is 1.14 bits per heavy atom. The number of hydrogen-bond donors (Lipinski definition) is 2. The lowest BCUT2D eigenvalue weighted by Crippen LogP contribution is -2.22. The molecule has 0 bridgehead atoms. The van der Waals surface area contributed by atoms with E-state index in [1.807, 2.05) is 26.0 Å². The molecule has 0 radical (unpaired) electrons. The first-order valence-electron chi connectivity index (χ1n) is 12.5. The van der Waals surface area contributed by atoms with Gasteiger partial charge in [0.25, 0.3) is 0 Å².